The molecule has 0 atom stereocenters. The summed E-state index contributed by atoms with van der Waals surface area (Å²) in [6, 6.07) is 8.50. The lowest BCUT2D eigenvalue weighted by molar-refractivity contribution is 0.679. The fourth-order valence-electron chi connectivity index (χ4n) is 1.73. The average molecular weight is 250 g/mol. The summed E-state index contributed by atoms with van der Waals surface area (Å²) in [5.74, 6) is 0. The Morgan fingerprint density at radius 2 is 1.88 bits per heavy atom. The largest absolute Gasteiger partial charge is 0.316 e. The lowest BCUT2D eigenvalue weighted by Gasteiger charge is -2.04. The highest BCUT2D eigenvalue weighted by Gasteiger charge is 2.02. The van der Waals surface area contributed by atoms with Crippen molar-refractivity contribution in [2.45, 2.75) is 20.0 Å². The van der Waals surface area contributed by atoms with Gasteiger partial charge in [-0.3, -0.25) is 4.68 Å². The molecule has 0 aliphatic carbocycles. The van der Waals surface area contributed by atoms with Crippen molar-refractivity contribution in [3.8, 4) is 0 Å². The Bertz CT molecular complexity index is 468. The first-order chi connectivity index (χ1) is 8.19. The van der Waals surface area contributed by atoms with E-state index in [0.717, 1.165) is 23.8 Å². The number of benzene rings is 1. The molecule has 1 aromatic carbocycles. The summed E-state index contributed by atoms with van der Waals surface area (Å²) in [6.45, 7) is 3.56. The van der Waals surface area contributed by atoms with Crippen LogP contribution in [0.1, 0.15) is 16.8 Å². The maximum absolute atomic E-state index is 5.97. The molecule has 0 aliphatic rings. The summed E-state index contributed by atoms with van der Waals surface area (Å²) in [5.41, 5.74) is 3.38. The summed E-state index contributed by atoms with van der Waals surface area (Å²) in [6.07, 6.45) is 1.86. The fraction of sp³-hybridized carbons (Fsp3) is 0.308. The van der Waals surface area contributed by atoms with Gasteiger partial charge in [-0.05, 0) is 25.1 Å². The minimum absolute atomic E-state index is 0.719. The number of nitrogens with one attached hydrogen (secondary N) is 1. The van der Waals surface area contributed by atoms with Crippen LogP contribution < -0.4 is 5.32 Å². The monoisotopic (exact) mass is 249 g/mol. The average Bonchev–Trinajstić information content (AvgIpc) is 2.61. The summed E-state index contributed by atoms with van der Waals surface area (Å²) in [4.78, 5) is 0. The number of halogens is 1. The van der Waals surface area contributed by atoms with E-state index in [2.05, 4.69) is 34.7 Å². The summed E-state index contributed by atoms with van der Waals surface area (Å²) in [5, 5.41) is 8.18. The molecule has 0 aliphatic heterocycles. The first-order valence-corrected chi connectivity index (χ1v) is 5.99. The lowest BCUT2D eigenvalue weighted by Crippen LogP contribution is -2.05. The second kappa shape index (κ2) is 5.34. The van der Waals surface area contributed by atoms with E-state index in [1.165, 1.54) is 11.1 Å². The van der Waals surface area contributed by atoms with Gasteiger partial charge in [0.05, 0.1) is 17.3 Å². The molecule has 0 spiro atoms. The van der Waals surface area contributed by atoms with Gasteiger partial charge in [-0.15, -0.1) is 0 Å². The van der Waals surface area contributed by atoms with Crippen molar-refractivity contribution in [1.82, 2.24) is 15.1 Å². The van der Waals surface area contributed by atoms with Crippen LogP contribution in [0.4, 0.5) is 0 Å². The third-order valence-electron chi connectivity index (χ3n) is 2.63. The number of nitrogens with zero attached hydrogens (tertiary/aromatic N) is 2. The van der Waals surface area contributed by atoms with Crippen molar-refractivity contribution in [2.24, 2.45) is 0 Å². The number of hydrogen-bond acceptors (Lipinski definition) is 2. The highest BCUT2D eigenvalue weighted by atomic mass is 35.5. The Morgan fingerprint density at radius 1 is 1.24 bits per heavy atom. The maximum Gasteiger partial charge on any atom is 0.0815 e. The van der Waals surface area contributed by atoms with Gasteiger partial charge < -0.3 is 5.32 Å². The third-order valence-corrected chi connectivity index (χ3v) is 3.01. The van der Waals surface area contributed by atoms with Crippen molar-refractivity contribution in [3.63, 3.8) is 0 Å². The van der Waals surface area contributed by atoms with E-state index in [9.17, 15) is 0 Å². The highest BCUT2D eigenvalue weighted by Crippen LogP contribution is 2.13. The second-order valence-electron chi connectivity index (χ2n) is 4.11. The van der Waals surface area contributed by atoms with Crippen molar-refractivity contribution >= 4 is 11.6 Å². The van der Waals surface area contributed by atoms with E-state index in [1.807, 2.05) is 24.9 Å². The second-order valence-corrected chi connectivity index (χ2v) is 4.51. The van der Waals surface area contributed by atoms with Crippen molar-refractivity contribution < 1.29 is 0 Å². The Morgan fingerprint density at radius 3 is 2.41 bits per heavy atom. The molecule has 0 radical (unpaired) electrons. The van der Waals surface area contributed by atoms with E-state index in [1.54, 1.807) is 0 Å². The molecule has 2 rings (SSSR count). The van der Waals surface area contributed by atoms with Gasteiger partial charge in [0.2, 0.25) is 0 Å². The molecule has 1 heterocycles. The molecule has 0 bridgehead atoms. The molecule has 0 unspecified atom stereocenters. The standard InChI is InChI=1S/C13H16ClN3/c1-10-13(14)9-17(16-10)8-12-5-3-11(4-6-12)7-15-2/h3-6,9,15H,7-8H2,1-2H3. The summed E-state index contributed by atoms with van der Waals surface area (Å²) in [7, 11) is 1.95. The molecule has 90 valence electrons. The van der Waals surface area contributed by atoms with Crippen LogP contribution in [0, 0.1) is 6.92 Å². The van der Waals surface area contributed by atoms with Crippen molar-refractivity contribution in [2.75, 3.05) is 7.05 Å². The Hall–Kier alpha value is -1.32. The Kier molecular flexibility index (Phi) is 3.82. The molecule has 4 heteroatoms. The van der Waals surface area contributed by atoms with Crippen LogP contribution in [0.2, 0.25) is 5.02 Å². The molecule has 0 saturated heterocycles. The first kappa shape index (κ1) is 12.1. The quantitative estimate of drug-likeness (QED) is 0.903. The normalized spacial score (nSPS) is 10.8. The van der Waals surface area contributed by atoms with Gasteiger partial charge in [-0.25, -0.2) is 0 Å². The summed E-state index contributed by atoms with van der Waals surface area (Å²) < 4.78 is 1.87. The minimum Gasteiger partial charge on any atom is -0.316 e. The predicted molar refractivity (Wildman–Crippen MR) is 70.3 cm³/mol. The minimum atomic E-state index is 0.719. The van der Waals surface area contributed by atoms with Crippen LogP contribution in [-0.2, 0) is 13.1 Å². The van der Waals surface area contributed by atoms with Gasteiger partial charge >= 0.3 is 0 Å². The third kappa shape index (κ3) is 3.08. The van der Waals surface area contributed by atoms with Gasteiger partial charge in [0.25, 0.3) is 0 Å². The van der Waals surface area contributed by atoms with E-state index in [4.69, 9.17) is 11.6 Å². The zero-order chi connectivity index (χ0) is 12.3. The zero-order valence-corrected chi connectivity index (χ0v) is 10.8. The molecule has 0 amide bonds. The van der Waals surface area contributed by atoms with E-state index >= 15 is 0 Å². The SMILES string of the molecule is CNCc1ccc(Cn2cc(Cl)c(C)n2)cc1. The van der Waals surface area contributed by atoms with Crippen LogP contribution >= 0.6 is 11.6 Å². The molecular formula is C13H16ClN3. The van der Waals surface area contributed by atoms with E-state index in [-0.39, 0.29) is 0 Å². The number of rotatable bonds is 4. The van der Waals surface area contributed by atoms with Gasteiger partial charge in [-0.2, -0.15) is 5.10 Å². The maximum atomic E-state index is 5.97. The molecule has 1 N–H and O–H groups in total. The molecule has 0 saturated carbocycles. The Balaban J connectivity index is 2.08. The number of aryl methyl sites for hydroxylation is 1. The van der Waals surface area contributed by atoms with E-state index < -0.39 is 0 Å². The Labute approximate surface area is 106 Å². The van der Waals surface area contributed by atoms with Crippen LogP contribution in [0.25, 0.3) is 0 Å². The zero-order valence-electron chi connectivity index (χ0n) is 10.1. The van der Waals surface area contributed by atoms with Gasteiger partial charge in [-0.1, -0.05) is 35.9 Å². The number of hydrogen-bond donors (Lipinski definition) is 1. The predicted octanol–water partition coefficient (Wildman–Crippen LogP) is 2.61. The van der Waals surface area contributed by atoms with Crippen LogP contribution in [-0.4, -0.2) is 16.8 Å². The molecule has 17 heavy (non-hydrogen) atoms. The fourth-order valence-corrected chi connectivity index (χ4v) is 1.88. The lowest BCUT2D eigenvalue weighted by atomic mass is 10.1. The summed E-state index contributed by atoms with van der Waals surface area (Å²) >= 11 is 5.97. The van der Waals surface area contributed by atoms with Crippen molar-refractivity contribution in [3.05, 3.63) is 52.3 Å². The smallest absolute Gasteiger partial charge is 0.0815 e. The van der Waals surface area contributed by atoms with Crippen LogP contribution in [0.5, 0.6) is 0 Å². The molecule has 2 aromatic rings. The van der Waals surface area contributed by atoms with Gasteiger partial charge in [0.15, 0.2) is 0 Å². The molecule has 3 nitrogen and oxygen atoms in total. The molecule has 1 aromatic heterocycles. The highest BCUT2D eigenvalue weighted by molar-refractivity contribution is 6.31. The van der Waals surface area contributed by atoms with Crippen molar-refractivity contribution in [1.29, 1.82) is 0 Å². The van der Waals surface area contributed by atoms with Gasteiger partial charge in [0.1, 0.15) is 0 Å². The van der Waals surface area contributed by atoms with E-state index in [0.29, 0.717) is 0 Å². The molecule has 0 fully saturated rings. The van der Waals surface area contributed by atoms with Gasteiger partial charge in [0, 0.05) is 12.7 Å². The van der Waals surface area contributed by atoms with Crippen LogP contribution in [0.3, 0.4) is 0 Å². The topological polar surface area (TPSA) is 29.9 Å². The first-order valence-electron chi connectivity index (χ1n) is 5.61. The number of aromatic nitrogens is 2. The van der Waals surface area contributed by atoms with Crippen LogP contribution in [0.15, 0.2) is 30.5 Å². The molecular weight excluding hydrogens is 234 g/mol.